The van der Waals surface area contributed by atoms with E-state index < -0.39 is 0 Å². The Kier molecular flexibility index (Phi) is 3.60. The highest BCUT2D eigenvalue weighted by Gasteiger charge is 2.17. The number of nitrogens with zero attached hydrogens (tertiary/aromatic N) is 2. The molecule has 0 saturated carbocycles. The van der Waals surface area contributed by atoms with Gasteiger partial charge < -0.3 is 9.47 Å². The Bertz CT molecular complexity index is 954. The van der Waals surface area contributed by atoms with Crippen LogP contribution in [0.25, 0.3) is 16.8 Å². The van der Waals surface area contributed by atoms with Crippen molar-refractivity contribution in [3.05, 3.63) is 45.5 Å². The Labute approximate surface area is 133 Å². The first-order valence-electron chi connectivity index (χ1n) is 7.28. The van der Waals surface area contributed by atoms with Gasteiger partial charge in [-0.05, 0) is 38.5 Å². The number of aromatic amines is 1. The van der Waals surface area contributed by atoms with Gasteiger partial charge in [-0.1, -0.05) is 6.07 Å². The van der Waals surface area contributed by atoms with Gasteiger partial charge in [0.2, 0.25) is 0 Å². The van der Waals surface area contributed by atoms with Crippen LogP contribution in [0.4, 0.5) is 0 Å². The summed E-state index contributed by atoms with van der Waals surface area (Å²) in [6.07, 6.45) is 0. The number of fused-ring (bicyclic) bond motifs is 1. The summed E-state index contributed by atoms with van der Waals surface area (Å²) in [7, 11) is 3.20. The number of hydrogen-bond donors (Lipinski definition) is 1. The zero-order chi connectivity index (χ0) is 16.7. The van der Waals surface area contributed by atoms with Crippen molar-refractivity contribution in [1.82, 2.24) is 14.6 Å². The molecule has 6 heteroatoms. The molecule has 0 aliphatic rings. The number of hydrogen-bond acceptors (Lipinski definition) is 4. The van der Waals surface area contributed by atoms with E-state index in [0.29, 0.717) is 22.7 Å². The van der Waals surface area contributed by atoms with E-state index >= 15 is 0 Å². The lowest BCUT2D eigenvalue weighted by molar-refractivity contribution is 0.355. The fourth-order valence-electron chi connectivity index (χ4n) is 2.71. The Hall–Kier alpha value is -2.76. The van der Waals surface area contributed by atoms with Crippen LogP contribution in [0.2, 0.25) is 0 Å². The standard InChI is InChI=1S/C17H19N3O3/c1-9-10(2)18-16-15(11(3)19-20(16)17(9)21)12-6-7-13(22-4)14(8-12)23-5/h6-8,19H,1-5H3. The Morgan fingerprint density at radius 1 is 1.09 bits per heavy atom. The van der Waals surface area contributed by atoms with Crippen molar-refractivity contribution < 1.29 is 9.47 Å². The Morgan fingerprint density at radius 2 is 1.78 bits per heavy atom. The highest BCUT2D eigenvalue weighted by atomic mass is 16.5. The predicted octanol–water partition coefficient (Wildman–Crippen LogP) is 2.63. The molecule has 3 rings (SSSR count). The van der Waals surface area contributed by atoms with Crippen LogP contribution in [0.5, 0.6) is 11.5 Å². The molecule has 0 amide bonds. The quantitative estimate of drug-likeness (QED) is 0.807. The number of H-pyrrole nitrogens is 1. The molecule has 0 atom stereocenters. The van der Waals surface area contributed by atoms with Crippen LogP contribution in [0, 0.1) is 20.8 Å². The average molecular weight is 313 g/mol. The van der Waals surface area contributed by atoms with Gasteiger partial charge in [0.25, 0.3) is 5.56 Å². The SMILES string of the molecule is COc1ccc(-c2c(C)[nH]n3c(=O)c(C)c(C)nc23)cc1OC. The minimum absolute atomic E-state index is 0.0812. The van der Waals surface area contributed by atoms with Crippen molar-refractivity contribution in [3.63, 3.8) is 0 Å². The van der Waals surface area contributed by atoms with Crippen LogP contribution in [0.3, 0.4) is 0 Å². The summed E-state index contributed by atoms with van der Waals surface area (Å²) in [5.41, 5.74) is 4.57. The summed E-state index contributed by atoms with van der Waals surface area (Å²) in [6, 6.07) is 5.66. The van der Waals surface area contributed by atoms with Crippen molar-refractivity contribution in [2.75, 3.05) is 14.2 Å². The average Bonchev–Trinajstić information content (AvgIpc) is 2.88. The molecular formula is C17H19N3O3. The first-order chi connectivity index (χ1) is 11.0. The number of aryl methyl sites for hydroxylation is 2. The molecule has 6 nitrogen and oxygen atoms in total. The van der Waals surface area contributed by atoms with Gasteiger partial charge >= 0.3 is 0 Å². The summed E-state index contributed by atoms with van der Waals surface area (Å²) >= 11 is 0. The van der Waals surface area contributed by atoms with Gasteiger partial charge in [0.05, 0.1) is 14.2 Å². The lowest BCUT2D eigenvalue weighted by Gasteiger charge is -2.09. The van der Waals surface area contributed by atoms with Gasteiger partial charge in [-0.3, -0.25) is 9.89 Å². The molecule has 1 aromatic carbocycles. The van der Waals surface area contributed by atoms with Gasteiger partial charge in [-0.25, -0.2) is 9.50 Å². The van der Waals surface area contributed by atoms with Gasteiger partial charge in [-0.15, -0.1) is 0 Å². The van der Waals surface area contributed by atoms with Crippen molar-refractivity contribution in [2.24, 2.45) is 0 Å². The predicted molar refractivity (Wildman–Crippen MR) is 88.6 cm³/mol. The van der Waals surface area contributed by atoms with Crippen molar-refractivity contribution in [1.29, 1.82) is 0 Å². The molecule has 0 fully saturated rings. The van der Waals surface area contributed by atoms with Crippen LogP contribution in [-0.2, 0) is 0 Å². The van der Waals surface area contributed by atoms with Gasteiger partial charge in [-0.2, -0.15) is 0 Å². The number of aromatic nitrogens is 3. The first kappa shape index (κ1) is 15.1. The second kappa shape index (κ2) is 5.46. The number of nitrogens with one attached hydrogen (secondary N) is 1. The second-order valence-electron chi connectivity index (χ2n) is 5.47. The topological polar surface area (TPSA) is 68.6 Å². The second-order valence-corrected chi connectivity index (χ2v) is 5.47. The normalized spacial score (nSPS) is 11.0. The number of methoxy groups -OCH3 is 2. The summed E-state index contributed by atoms with van der Waals surface area (Å²) < 4.78 is 12.1. The summed E-state index contributed by atoms with van der Waals surface area (Å²) in [5, 5.41) is 3.10. The van der Waals surface area contributed by atoms with Crippen LogP contribution in [0.15, 0.2) is 23.0 Å². The van der Waals surface area contributed by atoms with E-state index in [2.05, 4.69) is 10.1 Å². The van der Waals surface area contributed by atoms with E-state index in [0.717, 1.165) is 22.5 Å². The Balaban J connectivity index is 2.33. The monoisotopic (exact) mass is 313 g/mol. The zero-order valence-electron chi connectivity index (χ0n) is 13.9. The van der Waals surface area contributed by atoms with E-state index in [4.69, 9.17) is 9.47 Å². The Morgan fingerprint density at radius 3 is 2.43 bits per heavy atom. The molecule has 2 heterocycles. The third kappa shape index (κ3) is 2.27. The highest BCUT2D eigenvalue weighted by molar-refractivity contribution is 5.81. The van der Waals surface area contributed by atoms with Gasteiger partial charge in [0.15, 0.2) is 17.1 Å². The number of ether oxygens (including phenoxy) is 2. The fraction of sp³-hybridized carbons (Fsp3) is 0.294. The molecule has 0 saturated heterocycles. The summed E-state index contributed by atoms with van der Waals surface area (Å²) in [5.74, 6) is 1.29. The minimum atomic E-state index is -0.0812. The van der Waals surface area contributed by atoms with Crippen LogP contribution >= 0.6 is 0 Å². The maximum absolute atomic E-state index is 12.4. The van der Waals surface area contributed by atoms with E-state index in [1.165, 1.54) is 4.52 Å². The third-order valence-corrected chi connectivity index (χ3v) is 4.10. The fourth-order valence-corrected chi connectivity index (χ4v) is 2.71. The molecule has 0 aliphatic carbocycles. The number of rotatable bonds is 3. The molecule has 1 N–H and O–H groups in total. The molecule has 3 aromatic rings. The molecule has 120 valence electrons. The first-order valence-corrected chi connectivity index (χ1v) is 7.28. The van der Waals surface area contributed by atoms with Crippen LogP contribution in [-0.4, -0.2) is 28.8 Å². The maximum atomic E-state index is 12.4. The third-order valence-electron chi connectivity index (χ3n) is 4.10. The van der Waals surface area contributed by atoms with E-state index in [1.807, 2.05) is 32.0 Å². The van der Waals surface area contributed by atoms with E-state index in [9.17, 15) is 4.79 Å². The van der Waals surface area contributed by atoms with Crippen LogP contribution < -0.4 is 15.0 Å². The molecule has 0 unspecified atom stereocenters. The van der Waals surface area contributed by atoms with Crippen molar-refractivity contribution in [2.45, 2.75) is 20.8 Å². The lowest BCUT2D eigenvalue weighted by Crippen LogP contribution is -2.19. The molecule has 0 aliphatic heterocycles. The smallest absolute Gasteiger partial charge is 0.275 e. The van der Waals surface area contributed by atoms with Gasteiger partial charge in [0, 0.05) is 22.5 Å². The summed E-state index contributed by atoms with van der Waals surface area (Å²) in [4.78, 5) is 17.0. The number of benzene rings is 1. The largest absolute Gasteiger partial charge is 0.493 e. The van der Waals surface area contributed by atoms with E-state index in [-0.39, 0.29) is 5.56 Å². The molecular weight excluding hydrogens is 294 g/mol. The highest BCUT2D eigenvalue weighted by Crippen LogP contribution is 2.34. The van der Waals surface area contributed by atoms with Crippen molar-refractivity contribution in [3.8, 4) is 22.6 Å². The summed E-state index contributed by atoms with van der Waals surface area (Å²) in [6.45, 7) is 5.55. The molecule has 0 spiro atoms. The lowest BCUT2D eigenvalue weighted by atomic mass is 10.1. The maximum Gasteiger partial charge on any atom is 0.275 e. The zero-order valence-corrected chi connectivity index (χ0v) is 13.9. The molecule has 2 aromatic heterocycles. The van der Waals surface area contributed by atoms with Gasteiger partial charge in [0.1, 0.15) is 0 Å². The molecule has 23 heavy (non-hydrogen) atoms. The molecule has 0 radical (unpaired) electrons. The minimum Gasteiger partial charge on any atom is -0.493 e. The molecule has 0 bridgehead atoms. The van der Waals surface area contributed by atoms with Crippen LogP contribution in [0.1, 0.15) is 17.0 Å². The van der Waals surface area contributed by atoms with Crippen molar-refractivity contribution >= 4 is 5.65 Å². The van der Waals surface area contributed by atoms with E-state index in [1.54, 1.807) is 21.1 Å².